The maximum atomic E-state index is 10.1. The van der Waals surface area contributed by atoms with Crippen molar-refractivity contribution in [3.05, 3.63) is 70.6 Å². The number of rotatable bonds is 3. The second kappa shape index (κ2) is 5.17. The largest absolute Gasteiger partial charge is 0.386 e. The molecule has 4 heteroatoms. The van der Waals surface area contributed by atoms with Gasteiger partial charge < -0.3 is 9.51 Å². The zero-order valence-electron chi connectivity index (χ0n) is 12.0. The van der Waals surface area contributed by atoms with Gasteiger partial charge in [0.05, 0.1) is 5.60 Å². The summed E-state index contributed by atoms with van der Waals surface area (Å²) in [7, 11) is 0. The molecule has 0 aliphatic carbocycles. The van der Waals surface area contributed by atoms with Crippen LogP contribution in [0, 0.1) is 0 Å². The Morgan fingerprint density at radius 3 is 2.71 bits per heavy atom. The molecule has 3 aromatic rings. The topological polar surface area (TPSA) is 37.5 Å². The van der Waals surface area contributed by atoms with Gasteiger partial charge in [0, 0.05) is 12.4 Å². The van der Waals surface area contributed by atoms with Crippen molar-refractivity contribution in [1.29, 1.82) is 0 Å². The number of imidazole rings is 1. The van der Waals surface area contributed by atoms with Crippen molar-refractivity contribution in [3.63, 3.8) is 0 Å². The lowest BCUT2D eigenvalue weighted by Crippen LogP contribution is -2.15. The molecule has 3 rings (SSSR count). The summed E-state index contributed by atoms with van der Waals surface area (Å²) in [6.45, 7) is 3.59. The number of aromatic nitrogens is 2. The minimum absolute atomic E-state index is 0.496. The molecule has 0 fully saturated rings. The molecule has 0 saturated heterocycles. The molecule has 0 amide bonds. The summed E-state index contributed by atoms with van der Waals surface area (Å²) < 4.78 is 1.93. The summed E-state index contributed by atoms with van der Waals surface area (Å²) in [5, 5.41) is 10.6. The van der Waals surface area contributed by atoms with Crippen molar-refractivity contribution in [2.24, 2.45) is 0 Å². The van der Waals surface area contributed by atoms with Crippen molar-refractivity contribution in [1.82, 2.24) is 9.38 Å². The van der Waals surface area contributed by atoms with Crippen LogP contribution in [0.1, 0.15) is 30.5 Å². The van der Waals surface area contributed by atoms with Crippen LogP contribution in [0.5, 0.6) is 0 Å². The fraction of sp³-hybridized carbons (Fsp3) is 0.235. The highest BCUT2D eigenvalue weighted by Gasteiger charge is 2.15. The number of hydrogen-bond acceptors (Lipinski definition) is 2. The molecule has 0 unspecified atom stereocenters. The maximum Gasteiger partial charge on any atom is 0.148 e. The fourth-order valence-corrected chi connectivity index (χ4v) is 2.60. The van der Waals surface area contributed by atoms with Gasteiger partial charge in [-0.25, -0.2) is 4.98 Å². The van der Waals surface area contributed by atoms with E-state index < -0.39 is 5.60 Å². The standard InChI is InChI=1S/C17H17ClN2O/c1-17(2,21)14-5-3-4-12(9-14)8-13-6-7-16-19-15(18)11-20(16)10-13/h3-7,9-11,21H,8H2,1-2H3. The van der Waals surface area contributed by atoms with Crippen LogP contribution < -0.4 is 0 Å². The Bertz CT molecular complexity index is 787. The van der Waals surface area contributed by atoms with E-state index >= 15 is 0 Å². The van der Waals surface area contributed by atoms with E-state index in [2.05, 4.69) is 17.1 Å². The zero-order valence-corrected chi connectivity index (χ0v) is 12.8. The molecule has 3 nitrogen and oxygen atoms in total. The molecule has 0 spiro atoms. The Kier molecular flexibility index (Phi) is 3.47. The Morgan fingerprint density at radius 2 is 1.95 bits per heavy atom. The Labute approximate surface area is 128 Å². The number of nitrogens with zero attached hydrogens (tertiary/aromatic N) is 2. The van der Waals surface area contributed by atoms with Crippen LogP contribution in [0.25, 0.3) is 5.65 Å². The van der Waals surface area contributed by atoms with Crippen molar-refractivity contribution >= 4 is 17.2 Å². The molecule has 2 heterocycles. The van der Waals surface area contributed by atoms with E-state index in [4.69, 9.17) is 11.6 Å². The quantitative estimate of drug-likeness (QED) is 0.799. The van der Waals surface area contributed by atoms with Gasteiger partial charge in [-0.2, -0.15) is 0 Å². The normalized spacial score (nSPS) is 12.0. The molecule has 2 aromatic heterocycles. The summed E-state index contributed by atoms with van der Waals surface area (Å²) >= 11 is 5.91. The molecule has 0 aliphatic rings. The second-order valence-corrected chi connectivity index (χ2v) is 6.19. The number of pyridine rings is 1. The number of halogens is 1. The lowest BCUT2D eigenvalue weighted by atomic mass is 9.95. The van der Waals surface area contributed by atoms with Gasteiger partial charge in [-0.05, 0) is 43.0 Å². The molecular weight excluding hydrogens is 284 g/mol. The van der Waals surface area contributed by atoms with Crippen LogP contribution in [-0.4, -0.2) is 14.5 Å². The smallest absolute Gasteiger partial charge is 0.148 e. The van der Waals surface area contributed by atoms with Crippen molar-refractivity contribution in [2.45, 2.75) is 25.9 Å². The summed E-state index contributed by atoms with van der Waals surface area (Å²) in [6.07, 6.45) is 4.63. The summed E-state index contributed by atoms with van der Waals surface area (Å²) in [4.78, 5) is 4.20. The highest BCUT2D eigenvalue weighted by Crippen LogP contribution is 2.22. The molecule has 0 aliphatic heterocycles. The first-order valence-electron chi connectivity index (χ1n) is 6.87. The first-order chi connectivity index (χ1) is 9.91. The van der Waals surface area contributed by atoms with E-state index in [1.807, 2.05) is 34.9 Å². The van der Waals surface area contributed by atoms with E-state index in [0.29, 0.717) is 5.15 Å². The molecule has 0 saturated carbocycles. The van der Waals surface area contributed by atoms with E-state index in [1.54, 1.807) is 20.0 Å². The van der Waals surface area contributed by atoms with Crippen molar-refractivity contribution in [2.75, 3.05) is 0 Å². The molecule has 1 aromatic carbocycles. The first-order valence-corrected chi connectivity index (χ1v) is 7.24. The minimum Gasteiger partial charge on any atom is -0.386 e. The van der Waals surface area contributed by atoms with E-state index in [-0.39, 0.29) is 0 Å². The fourth-order valence-electron chi connectivity index (χ4n) is 2.41. The van der Waals surface area contributed by atoms with Gasteiger partial charge in [-0.1, -0.05) is 41.9 Å². The van der Waals surface area contributed by atoms with Crippen molar-refractivity contribution in [3.8, 4) is 0 Å². The first kappa shape index (κ1) is 14.1. The maximum absolute atomic E-state index is 10.1. The van der Waals surface area contributed by atoms with Gasteiger partial charge in [-0.15, -0.1) is 0 Å². The molecular formula is C17H17ClN2O. The van der Waals surface area contributed by atoms with E-state index in [0.717, 1.165) is 17.6 Å². The third kappa shape index (κ3) is 3.09. The van der Waals surface area contributed by atoms with Crippen LogP contribution in [0.15, 0.2) is 48.8 Å². The third-order valence-corrected chi connectivity index (χ3v) is 3.71. The van der Waals surface area contributed by atoms with Gasteiger partial charge in [0.25, 0.3) is 0 Å². The highest BCUT2D eigenvalue weighted by molar-refractivity contribution is 6.29. The molecule has 0 radical (unpaired) electrons. The average molecular weight is 301 g/mol. The predicted octanol–water partition coefficient (Wildman–Crippen LogP) is 3.81. The SMILES string of the molecule is CC(C)(O)c1cccc(Cc2ccc3nc(Cl)cn3c2)c1. The zero-order chi connectivity index (χ0) is 15.0. The molecule has 0 bridgehead atoms. The van der Waals surface area contributed by atoms with Crippen LogP contribution >= 0.6 is 11.6 Å². The van der Waals surface area contributed by atoms with Gasteiger partial charge in [0.15, 0.2) is 0 Å². The van der Waals surface area contributed by atoms with Crippen LogP contribution in [0.2, 0.25) is 5.15 Å². The number of benzene rings is 1. The van der Waals surface area contributed by atoms with Gasteiger partial charge in [0.2, 0.25) is 0 Å². The van der Waals surface area contributed by atoms with Crippen LogP contribution in [0.4, 0.5) is 0 Å². The summed E-state index contributed by atoms with van der Waals surface area (Å²) in [5.41, 5.74) is 3.28. The minimum atomic E-state index is -0.822. The Morgan fingerprint density at radius 1 is 1.14 bits per heavy atom. The number of hydrogen-bond donors (Lipinski definition) is 1. The van der Waals surface area contributed by atoms with Gasteiger partial charge in [-0.3, -0.25) is 0 Å². The molecule has 108 valence electrons. The third-order valence-electron chi connectivity index (χ3n) is 3.52. The average Bonchev–Trinajstić information content (AvgIpc) is 2.77. The molecule has 1 N–H and O–H groups in total. The Hall–Kier alpha value is -1.84. The summed E-state index contributed by atoms with van der Waals surface area (Å²) in [5.74, 6) is 0. The summed E-state index contributed by atoms with van der Waals surface area (Å²) in [6, 6.07) is 12.1. The van der Waals surface area contributed by atoms with E-state index in [9.17, 15) is 5.11 Å². The monoisotopic (exact) mass is 300 g/mol. The predicted molar refractivity (Wildman–Crippen MR) is 84.7 cm³/mol. The van der Waals surface area contributed by atoms with Crippen molar-refractivity contribution < 1.29 is 5.11 Å². The highest BCUT2D eigenvalue weighted by atomic mass is 35.5. The number of fused-ring (bicyclic) bond motifs is 1. The molecule has 0 atom stereocenters. The second-order valence-electron chi connectivity index (χ2n) is 5.80. The Balaban J connectivity index is 1.91. The number of aliphatic hydroxyl groups is 1. The van der Waals surface area contributed by atoms with Crippen LogP contribution in [-0.2, 0) is 12.0 Å². The lowest BCUT2D eigenvalue weighted by Gasteiger charge is -2.18. The van der Waals surface area contributed by atoms with Gasteiger partial charge in [0.1, 0.15) is 10.8 Å². The van der Waals surface area contributed by atoms with E-state index in [1.165, 1.54) is 11.1 Å². The van der Waals surface area contributed by atoms with Gasteiger partial charge >= 0.3 is 0 Å². The van der Waals surface area contributed by atoms with Crippen LogP contribution in [0.3, 0.4) is 0 Å². The molecule has 21 heavy (non-hydrogen) atoms. The lowest BCUT2D eigenvalue weighted by molar-refractivity contribution is 0.0785.